The second-order valence-corrected chi connectivity index (χ2v) is 6.45. The van der Waals surface area contributed by atoms with E-state index in [9.17, 15) is 14.0 Å². The number of nitrogens with zero attached hydrogens (tertiary/aromatic N) is 1. The molecule has 25 heavy (non-hydrogen) atoms. The lowest BCUT2D eigenvalue weighted by Crippen LogP contribution is -2.44. The van der Waals surface area contributed by atoms with Crippen LogP contribution in [-0.2, 0) is 20.9 Å². The fraction of sp³-hybridized carbons (Fsp3) is 0.579. The second-order valence-electron chi connectivity index (χ2n) is 6.45. The number of nitrogens with one attached hydrogen (secondary N) is 1. The smallest absolute Gasteiger partial charge is 0.251 e. The molecular weight excluding hydrogens is 323 g/mol. The maximum Gasteiger partial charge on any atom is 0.251 e. The second kappa shape index (κ2) is 10.8. The highest BCUT2D eigenvalue weighted by Gasteiger charge is 2.22. The van der Waals surface area contributed by atoms with E-state index in [-0.39, 0.29) is 24.2 Å². The third-order valence-corrected chi connectivity index (χ3v) is 3.84. The van der Waals surface area contributed by atoms with E-state index in [1.54, 1.807) is 19.1 Å². The molecule has 1 N–H and O–H groups in total. The number of benzene rings is 1. The predicted molar refractivity (Wildman–Crippen MR) is 95.4 cm³/mol. The van der Waals surface area contributed by atoms with Crippen molar-refractivity contribution in [3.8, 4) is 0 Å². The van der Waals surface area contributed by atoms with Crippen LogP contribution in [0.15, 0.2) is 24.3 Å². The fourth-order valence-electron chi connectivity index (χ4n) is 2.19. The minimum atomic E-state index is -0.566. The summed E-state index contributed by atoms with van der Waals surface area (Å²) in [6.45, 7) is 8.96. The zero-order chi connectivity index (χ0) is 18.8. The Morgan fingerprint density at radius 2 is 1.84 bits per heavy atom. The van der Waals surface area contributed by atoms with Crippen molar-refractivity contribution in [2.24, 2.45) is 5.92 Å². The van der Waals surface area contributed by atoms with Crippen molar-refractivity contribution >= 4 is 11.8 Å². The zero-order valence-electron chi connectivity index (χ0n) is 15.5. The summed E-state index contributed by atoms with van der Waals surface area (Å²) in [6, 6.07) is 5.92. The highest BCUT2D eigenvalue weighted by molar-refractivity contribution is 5.86. The van der Waals surface area contributed by atoms with Gasteiger partial charge in [-0.2, -0.15) is 0 Å². The molecule has 0 saturated carbocycles. The topological polar surface area (TPSA) is 58.6 Å². The molecule has 5 nitrogen and oxygen atoms in total. The molecule has 1 aromatic carbocycles. The monoisotopic (exact) mass is 352 g/mol. The largest absolute Gasteiger partial charge is 0.369 e. The summed E-state index contributed by atoms with van der Waals surface area (Å²) >= 11 is 0. The Labute approximate surface area is 149 Å². The first-order valence-electron chi connectivity index (χ1n) is 8.75. The summed E-state index contributed by atoms with van der Waals surface area (Å²) in [5.74, 6) is -0.247. The van der Waals surface area contributed by atoms with Crippen molar-refractivity contribution in [3.63, 3.8) is 0 Å². The van der Waals surface area contributed by atoms with E-state index in [1.165, 1.54) is 17.0 Å². The zero-order valence-corrected chi connectivity index (χ0v) is 15.5. The number of hydrogen-bond donors (Lipinski definition) is 1. The Morgan fingerprint density at radius 1 is 1.20 bits per heavy atom. The van der Waals surface area contributed by atoms with Gasteiger partial charge in [0.25, 0.3) is 5.91 Å². The Balaban J connectivity index is 2.43. The van der Waals surface area contributed by atoms with E-state index < -0.39 is 6.10 Å². The minimum absolute atomic E-state index is 0.0194. The maximum absolute atomic E-state index is 12.9. The number of amides is 2. The molecule has 6 heteroatoms. The number of halogens is 1. The molecule has 0 bridgehead atoms. The van der Waals surface area contributed by atoms with Crippen LogP contribution in [0.3, 0.4) is 0 Å². The maximum atomic E-state index is 12.9. The average molecular weight is 352 g/mol. The highest BCUT2D eigenvalue weighted by atomic mass is 19.1. The van der Waals surface area contributed by atoms with Crippen LogP contribution < -0.4 is 5.32 Å². The van der Waals surface area contributed by atoms with Gasteiger partial charge in [-0.25, -0.2) is 4.39 Å². The van der Waals surface area contributed by atoms with E-state index in [4.69, 9.17) is 4.74 Å². The molecule has 0 aliphatic carbocycles. The summed E-state index contributed by atoms with van der Waals surface area (Å²) in [5, 5.41) is 2.74. The van der Waals surface area contributed by atoms with Gasteiger partial charge in [0.1, 0.15) is 11.9 Å². The van der Waals surface area contributed by atoms with Crippen LogP contribution in [0.25, 0.3) is 0 Å². The van der Waals surface area contributed by atoms with E-state index in [1.807, 2.05) is 6.92 Å². The van der Waals surface area contributed by atoms with Gasteiger partial charge in [0, 0.05) is 19.7 Å². The van der Waals surface area contributed by atoms with Crippen molar-refractivity contribution in [3.05, 3.63) is 35.6 Å². The van der Waals surface area contributed by atoms with Crippen LogP contribution in [0, 0.1) is 11.7 Å². The van der Waals surface area contributed by atoms with Gasteiger partial charge in [-0.1, -0.05) is 26.0 Å². The normalized spacial score (nSPS) is 12.1. The molecule has 1 rings (SSSR count). The molecule has 1 atom stereocenters. The summed E-state index contributed by atoms with van der Waals surface area (Å²) < 4.78 is 18.4. The van der Waals surface area contributed by atoms with Crippen LogP contribution in [0.5, 0.6) is 0 Å². The Bertz CT molecular complexity index is 546. The van der Waals surface area contributed by atoms with Gasteiger partial charge in [0.2, 0.25) is 5.91 Å². The molecule has 140 valence electrons. The summed E-state index contributed by atoms with van der Waals surface area (Å²) in [7, 11) is 0. The lowest BCUT2D eigenvalue weighted by Gasteiger charge is -2.24. The first kappa shape index (κ1) is 21.1. The molecule has 0 aliphatic heterocycles. The molecule has 0 saturated heterocycles. The SMILES string of the molecule is CCN(CC(=O)NCc1ccc(F)cc1)C(=O)C(C)OCCC(C)C. The number of ether oxygens (including phenoxy) is 1. The van der Waals surface area contributed by atoms with Gasteiger partial charge < -0.3 is 15.0 Å². The highest BCUT2D eigenvalue weighted by Crippen LogP contribution is 2.05. The minimum Gasteiger partial charge on any atom is -0.369 e. The Hall–Kier alpha value is -1.95. The van der Waals surface area contributed by atoms with Crippen LogP contribution >= 0.6 is 0 Å². The van der Waals surface area contributed by atoms with E-state index in [0.29, 0.717) is 25.6 Å². The third-order valence-electron chi connectivity index (χ3n) is 3.84. The molecule has 0 spiro atoms. The standard InChI is InChI=1S/C19H29FN2O3/c1-5-22(19(24)15(4)25-11-10-14(2)3)13-18(23)21-12-16-6-8-17(20)9-7-16/h6-9,14-15H,5,10-13H2,1-4H3,(H,21,23). The van der Waals surface area contributed by atoms with Crippen LogP contribution in [0.2, 0.25) is 0 Å². The first-order chi connectivity index (χ1) is 11.8. The average Bonchev–Trinajstić information content (AvgIpc) is 2.58. The van der Waals surface area contributed by atoms with Gasteiger partial charge >= 0.3 is 0 Å². The molecule has 1 unspecified atom stereocenters. The summed E-state index contributed by atoms with van der Waals surface area (Å²) in [5.41, 5.74) is 0.800. The third kappa shape index (κ3) is 8.12. The molecule has 0 fully saturated rings. The molecule has 0 radical (unpaired) electrons. The van der Waals surface area contributed by atoms with Crippen molar-refractivity contribution in [2.45, 2.75) is 46.8 Å². The Kier molecular flexibility index (Phi) is 9.13. The number of carbonyl (C=O) groups excluding carboxylic acids is 2. The predicted octanol–water partition coefficient (Wildman–Crippen LogP) is 2.74. The van der Waals surface area contributed by atoms with Gasteiger partial charge in [-0.05, 0) is 43.9 Å². The lowest BCUT2D eigenvalue weighted by molar-refractivity contribution is -0.145. The molecule has 0 heterocycles. The van der Waals surface area contributed by atoms with Crippen molar-refractivity contribution < 1.29 is 18.7 Å². The number of rotatable bonds is 10. The summed E-state index contributed by atoms with van der Waals surface area (Å²) in [6.07, 6.45) is 0.325. The van der Waals surface area contributed by atoms with Crippen LogP contribution in [0.4, 0.5) is 4.39 Å². The molecule has 0 aromatic heterocycles. The van der Waals surface area contributed by atoms with E-state index >= 15 is 0 Å². The van der Waals surface area contributed by atoms with Crippen LogP contribution in [-0.4, -0.2) is 42.5 Å². The number of hydrogen-bond acceptors (Lipinski definition) is 3. The molecule has 1 aromatic rings. The van der Waals surface area contributed by atoms with Crippen molar-refractivity contribution in [2.75, 3.05) is 19.7 Å². The van der Waals surface area contributed by atoms with Crippen molar-refractivity contribution in [1.82, 2.24) is 10.2 Å². The van der Waals surface area contributed by atoms with Gasteiger partial charge in [-0.3, -0.25) is 9.59 Å². The summed E-state index contributed by atoms with van der Waals surface area (Å²) in [4.78, 5) is 25.9. The molecular formula is C19H29FN2O3. The molecule has 0 aliphatic rings. The van der Waals surface area contributed by atoms with Crippen LogP contribution in [0.1, 0.15) is 39.7 Å². The van der Waals surface area contributed by atoms with Gasteiger partial charge in [0.05, 0.1) is 6.54 Å². The lowest BCUT2D eigenvalue weighted by atomic mass is 10.1. The first-order valence-corrected chi connectivity index (χ1v) is 8.75. The quantitative estimate of drug-likeness (QED) is 0.704. The van der Waals surface area contributed by atoms with Gasteiger partial charge in [0.15, 0.2) is 0 Å². The number of carbonyl (C=O) groups is 2. The van der Waals surface area contributed by atoms with Gasteiger partial charge in [-0.15, -0.1) is 0 Å². The van der Waals surface area contributed by atoms with E-state index in [0.717, 1.165) is 12.0 Å². The Morgan fingerprint density at radius 3 is 2.40 bits per heavy atom. The van der Waals surface area contributed by atoms with Crippen molar-refractivity contribution in [1.29, 1.82) is 0 Å². The van der Waals surface area contributed by atoms with E-state index in [2.05, 4.69) is 19.2 Å². The number of likely N-dealkylation sites (N-methyl/N-ethyl adjacent to an activating group) is 1. The fourth-order valence-corrected chi connectivity index (χ4v) is 2.19. The molecule has 2 amide bonds.